The Morgan fingerprint density at radius 1 is 1.33 bits per heavy atom. The molecule has 0 spiro atoms. The number of likely N-dealkylation sites (tertiary alicyclic amines) is 1. The Balaban J connectivity index is 1.68. The molecule has 2 N–H and O–H groups in total. The molecule has 1 amide bonds. The van der Waals surface area contributed by atoms with Crippen LogP contribution in [-0.2, 0) is 13.6 Å². The van der Waals surface area contributed by atoms with E-state index in [2.05, 4.69) is 47.8 Å². The summed E-state index contributed by atoms with van der Waals surface area (Å²) in [6, 6.07) is 8.58. The van der Waals surface area contributed by atoms with Crippen LogP contribution >= 0.6 is 0 Å². The van der Waals surface area contributed by atoms with Gasteiger partial charge in [0.25, 0.3) is 5.91 Å². The number of carbonyl (C=O) groups is 1. The Labute approximate surface area is 159 Å². The van der Waals surface area contributed by atoms with Crippen LogP contribution in [0, 0.1) is 6.92 Å². The molecule has 0 bridgehead atoms. The van der Waals surface area contributed by atoms with E-state index in [9.17, 15) is 4.79 Å². The highest BCUT2D eigenvalue weighted by Gasteiger charge is 2.30. The molecular formula is C21H27N5O. The van der Waals surface area contributed by atoms with E-state index in [-0.39, 0.29) is 5.91 Å². The molecule has 1 fully saturated rings. The van der Waals surface area contributed by atoms with Crippen molar-refractivity contribution in [3.63, 3.8) is 0 Å². The number of anilines is 1. The highest BCUT2D eigenvalue weighted by molar-refractivity contribution is 5.98. The van der Waals surface area contributed by atoms with Crippen LogP contribution < -0.4 is 5.73 Å². The number of rotatable bonds is 3. The van der Waals surface area contributed by atoms with Crippen molar-refractivity contribution in [3.8, 4) is 0 Å². The van der Waals surface area contributed by atoms with Crippen molar-refractivity contribution < 1.29 is 4.79 Å². The van der Waals surface area contributed by atoms with Crippen LogP contribution in [0.1, 0.15) is 47.3 Å². The predicted octanol–water partition coefficient (Wildman–Crippen LogP) is 3.31. The van der Waals surface area contributed by atoms with Gasteiger partial charge in [0, 0.05) is 55.4 Å². The van der Waals surface area contributed by atoms with E-state index in [0.717, 1.165) is 32.5 Å². The van der Waals surface area contributed by atoms with Gasteiger partial charge in [-0.25, -0.2) is 0 Å². The second kappa shape index (κ2) is 6.76. The molecule has 0 aliphatic carbocycles. The lowest BCUT2D eigenvalue weighted by atomic mass is 9.91. The number of amides is 1. The fourth-order valence-electron chi connectivity index (χ4n) is 4.59. The first-order valence-electron chi connectivity index (χ1n) is 9.67. The fourth-order valence-corrected chi connectivity index (χ4v) is 4.59. The van der Waals surface area contributed by atoms with E-state index in [4.69, 9.17) is 5.73 Å². The van der Waals surface area contributed by atoms with Gasteiger partial charge in [-0.2, -0.15) is 5.10 Å². The maximum atomic E-state index is 13.0. The number of carbonyl (C=O) groups excluding carboxylic acids is 1. The molecule has 1 aromatic carbocycles. The van der Waals surface area contributed by atoms with Crippen molar-refractivity contribution in [2.45, 2.75) is 39.2 Å². The van der Waals surface area contributed by atoms with Crippen molar-refractivity contribution in [2.24, 2.45) is 7.05 Å². The smallest absolute Gasteiger partial charge is 0.259 e. The Kier molecular flexibility index (Phi) is 4.42. The van der Waals surface area contributed by atoms with Gasteiger partial charge in [-0.15, -0.1) is 0 Å². The first-order valence-corrected chi connectivity index (χ1v) is 9.67. The van der Waals surface area contributed by atoms with Gasteiger partial charge in [0.05, 0.1) is 0 Å². The van der Waals surface area contributed by atoms with E-state index in [1.807, 2.05) is 4.90 Å². The van der Waals surface area contributed by atoms with E-state index in [1.165, 1.54) is 22.2 Å². The Morgan fingerprint density at radius 2 is 2.11 bits per heavy atom. The van der Waals surface area contributed by atoms with E-state index < -0.39 is 0 Å². The molecule has 1 aliphatic rings. The number of nitrogens with two attached hydrogens (primary N) is 1. The van der Waals surface area contributed by atoms with Crippen LogP contribution in [0.3, 0.4) is 0 Å². The molecule has 1 aliphatic heterocycles. The lowest BCUT2D eigenvalue weighted by Crippen LogP contribution is -2.39. The predicted molar refractivity (Wildman–Crippen MR) is 108 cm³/mol. The molecule has 142 valence electrons. The number of para-hydroxylation sites is 1. The average Bonchev–Trinajstić information content (AvgIpc) is 3.17. The number of hydrogen-bond acceptors (Lipinski definition) is 3. The number of aromatic nitrogens is 3. The van der Waals surface area contributed by atoms with Crippen molar-refractivity contribution >= 4 is 22.6 Å². The molecule has 0 saturated carbocycles. The molecule has 4 rings (SSSR count). The average molecular weight is 365 g/mol. The molecule has 3 heterocycles. The maximum absolute atomic E-state index is 13.0. The zero-order valence-electron chi connectivity index (χ0n) is 16.3. The van der Waals surface area contributed by atoms with Gasteiger partial charge in [0.15, 0.2) is 5.82 Å². The maximum Gasteiger partial charge on any atom is 0.259 e. The first kappa shape index (κ1) is 17.6. The molecule has 27 heavy (non-hydrogen) atoms. The Bertz CT molecular complexity index is 1000. The number of nitrogen functional groups attached to an aromatic ring is 1. The third-order valence-electron chi connectivity index (χ3n) is 5.77. The Morgan fingerprint density at radius 3 is 2.81 bits per heavy atom. The van der Waals surface area contributed by atoms with Gasteiger partial charge in [-0.05, 0) is 38.3 Å². The van der Waals surface area contributed by atoms with Crippen LogP contribution in [0.15, 0.2) is 30.5 Å². The third-order valence-corrected chi connectivity index (χ3v) is 5.77. The summed E-state index contributed by atoms with van der Waals surface area (Å²) >= 11 is 0. The minimum Gasteiger partial charge on any atom is -0.382 e. The quantitative estimate of drug-likeness (QED) is 0.774. The highest BCUT2D eigenvalue weighted by atomic mass is 16.2. The number of piperidine rings is 1. The molecule has 1 atom stereocenters. The summed E-state index contributed by atoms with van der Waals surface area (Å²) in [6.45, 7) is 6.84. The molecule has 6 nitrogen and oxygen atoms in total. The summed E-state index contributed by atoms with van der Waals surface area (Å²) < 4.78 is 4.02. The zero-order chi connectivity index (χ0) is 19.1. The number of fused-ring (bicyclic) bond motifs is 1. The molecule has 1 unspecified atom stereocenters. The van der Waals surface area contributed by atoms with E-state index >= 15 is 0 Å². The van der Waals surface area contributed by atoms with Gasteiger partial charge in [0.2, 0.25) is 0 Å². The number of hydrogen-bond donors (Lipinski definition) is 1. The minimum absolute atomic E-state index is 0.0119. The fraction of sp³-hybridized carbons (Fsp3) is 0.429. The Hall–Kier alpha value is -2.76. The normalized spacial score (nSPS) is 17.6. The molecule has 3 aromatic rings. The molecule has 2 aromatic heterocycles. The lowest BCUT2D eigenvalue weighted by Gasteiger charge is -2.33. The SMILES string of the molecule is CCn1c(C2CCCN(C(=O)c3cn(C)nc3N)C2)c(C)c2ccccc21. The molecule has 0 radical (unpaired) electrons. The molecule has 1 saturated heterocycles. The van der Waals surface area contributed by atoms with Crippen molar-refractivity contribution in [1.29, 1.82) is 0 Å². The molecular weight excluding hydrogens is 338 g/mol. The largest absolute Gasteiger partial charge is 0.382 e. The second-order valence-corrected chi connectivity index (χ2v) is 7.46. The number of benzene rings is 1. The minimum atomic E-state index is -0.0119. The monoisotopic (exact) mass is 365 g/mol. The number of nitrogens with zero attached hydrogens (tertiary/aromatic N) is 4. The van der Waals surface area contributed by atoms with E-state index in [0.29, 0.717) is 17.3 Å². The van der Waals surface area contributed by atoms with Crippen LogP contribution in [0.5, 0.6) is 0 Å². The standard InChI is InChI=1S/C21H27N5O/c1-4-26-18-10-6-5-9-16(18)14(2)19(26)15-8-7-11-25(12-15)21(27)17-13-24(3)23-20(17)22/h5-6,9-10,13,15H,4,7-8,11-12H2,1-3H3,(H2,22,23). The zero-order valence-corrected chi connectivity index (χ0v) is 16.3. The summed E-state index contributed by atoms with van der Waals surface area (Å²) in [5.74, 6) is 0.638. The van der Waals surface area contributed by atoms with Gasteiger partial charge in [-0.1, -0.05) is 18.2 Å². The van der Waals surface area contributed by atoms with Crippen LogP contribution in [0.25, 0.3) is 10.9 Å². The third kappa shape index (κ3) is 2.89. The van der Waals surface area contributed by atoms with Crippen molar-refractivity contribution in [1.82, 2.24) is 19.2 Å². The highest BCUT2D eigenvalue weighted by Crippen LogP contribution is 2.35. The summed E-state index contributed by atoms with van der Waals surface area (Å²) in [7, 11) is 1.79. The van der Waals surface area contributed by atoms with Crippen LogP contribution in [-0.4, -0.2) is 38.2 Å². The van der Waals surface area contributed by atoms with Gasteiger partial charge in [0.1, 0.15) is 5.56 Å². The van der Waals surface area contributed by atoms with Crippen LogP contribution in [0.4, 0.5) is 5.82 Å². The summed E-state index contributed by atoms with van der Waals surface area (Å²) in [5, 5.41) is 5.43. The summed E-state index contributed by atoms with van der Waals surface area (Å²) in [4.78, 5) is 15.0. The van der Waals surface area contributed by atoms with Gasteiger partial charge in [-0.3, -0.25) is 9.48 Å². The lowest BCUT2D eigenvalue weighted by molar-refractivity contribution is 0.0705. The summed E-state index contributed by atoms with van der Waals surface area (Å²) in [5.41, 5.74) is 10.4. The molecule has 6 heteroatoms. The topological polar surface area (TPSA) is 69.1 Å². The van der Waals surface area contributed by atoms with E-state index in [1.54, 1.807) is 17.9 Å². The van der Waals surface area contributed by atoms with Crippen molar-refractivity contribution in [2.75, 3.05) is 18.8 Å². The van der Waals surface area contributed by atoms with Crippen LogP contribution in [0.2, 0.25) is 0 Å². The van der Waals surface area contributed by atoms with Gasteiger partial charge >= 0.3 is 0 Å². The second-order valence-electron chi connectivity index (χ2n) is 7.46. The van der Waals surface area contributed by atoms with Gasteiger partial charge < -0.3 is 15.2 Å². The van der Waals surface area contributed by atoms with Crippen molar-refractivity contribution in [3.05, 3.63) is 47.3 Å². The number of aryl methyl sites for hydroxylation is 3. The summed E-state index contributed by atoms with van der Waals surface area (Å²) in [6.07, 6.45) is 3.82. The first-order chi connectivity index (χ1) is 13.0.